The number of hydrogen-bond acceptors (Lipinski definition) is 10. The number of thiazole rings is 1. The number of carbonyl (C=O) groups excluding carboxylic acids is 3. The topological polar surface area (TPSA) is 149 Å². The van der Waals surface area contributed by atoms with Gasteiger partial charge in [-0.1, -0.05) is 34.6 Å². The number of nitrogens with one attached hydrogen (secondary N) is 2. The van der Waals surface area contributed by atoms with Gasteiger partial charge in [0, 0.05) is 10.8 Å². The number of carbonyl (C=O) groups is 3. The summed E-state index contributed by atoms with van der Waals surface area (Å²) >= 11 is 1.39. The molecule has 0 aliphatic rings. The molecule has 3 aromatic rings. The Morgan fingerprint density at radius 1 is 1.08 bits per heavy atom. The van der Waals surface area contributed by atoms with E-state index in [0.717, 1.165) is 11.3 Å². The molecule has 0 spiro atoms. The van der Waals surface area contributed by atoms with Crippen molar-refractivity contribution in [2.75, 3.05) is 7.11 Å². The molecule has 2 amide bonds. The molecule has 2 atom stereocenters. The molecule has 0 bridgehead atoms. The van der Waals surface area contributed by atoms with Crippen molar-refractivity contribution in [1.29, 1.82) is 0 Å². The fraction of sp³-hybridized carbons (Fsp3) is 0.500. The van der Waals surface area contributed by atoms with Crippen molar-refractivity contribution in [1.82, 2.24) is 25.6 Å². The molecule has 11 nitrogen and oxygen atoms in total. The van der Waals surface area contributed by atoms with Crippen LogP contribution < -0.4 is 10.6 Å². The summed E-state index contributed by atoms with van der Waals surface area (Å²) in [5, 5.41) is 8.30. The third-order valence-corrected chi connectivity index (χ3v) is 6.22. The van der Waals surface area contributed by atoms with E-state index in [-0.39, 0.29) is 41.0 Å². The highest BCUT2D eigenvalue weighted by Crippen LogP contribution is 2.31. The smallest absolute Gasteiger partial charge is 0.360 e. The van der Waals surface area contributed by atoms with Crippen LogP contribution >= 0.6 is 11.3 Å². The lowest BCUT2D eigenvalue weighted by Gasteiger charge is -2.25. The minimum absolute atomic E-state index is 0.00577. The molecule has 0 aliphatic heterocycles. The van der Waals surface area contributed by atoms with Gasteiger partial charge in [-0.3, -0.25) is 9.59 Å². The summed E-state index contributed by atoms with van der Waals surface area (Å²) in [5.41, 5.74) is 0.0355. The SMILES string of the molecule is COC(=O)c1coc([C@H](C)NC(=O)c2nc(-c3csc([C@@H](NC(=O)C(C)(C)C)C(C)C)n3)oc2C)n1. The summed E-state index contributed by atoms with van der Waals surface area (Å²) in [6.45, 7) is 12.9. The van der Waals surface area contributed by atoms with E-state index in [9.17, 15) is 14.4 Å². The molecule has 0 saturated heterocycles. The van der Waals surface area contributed by atoms with E-state index in [1.165, 1.54) is 18.4 Å². The number of aryl methyl sites for hydroxylation is 1. The van der Waals surface area contributed by atoms with Gasteiger partial charge in [0.1, 0.15) is 28.8 Å². The van der Waals surface area contributed by atoms with Crippen molar-refractivity contribution in [2.24, 2.45) is 11.3 Å². The second kappa shape index (κ2) is 10.6. The van der Waals surface area contributed by atoms with E-state index in [1.807, 2.05) is 34.6 Å². The number of amides is 2. The highest BCUT2D eigenvalue weighted by Gasteiger charge is 2.29. The number of ether oxygens (including phenoxy) is 1. The van der Waals surface area contributed by atoms with Crippen molar-refractivity contribution in [2.45, 2.75) is 60.5 Å². The van der Waals surface area contributed by atoms with E-state index in [2.05, 4.69) is 30.3 Å². The molecule has 2 N–H and O–H groups in total. The minimum atomic E-state index is -0.639. The zero-order valence-corrected chi connectivity index (χ0v) is 22.4. The summed E-state index contributed by atoms with van der Waals surface area (Å²) in [5.74, 6) is -0.440. The maximum Gasteiger partial charge on any atom is 0.360 e. The van der Waals surface area contributed by atoms with Gasteiger partial charge >= 0.3 is 5.97 Å². The molecule has 194 valence electrons. The van der Waals surface area contributed by atoms with Crippen LogP contribution in [-0.4, -0.2) is 39.8 Å². The molecule has 0 aliphatic carbocycles. The number of rotatable bonds is 8. The molecule has 0 unspecified atom stereocenters. The van der Waals surface area contributed by atoms with Gasteiger partial charge in [-0.05, 0) is 19.8 Å². The summed E-state index contributed by atoms with van der Waals surface area (Å²) < 4.78 is 15.6. The molecular weight excluding hydrogens is 486 g/mol. The van der Waals surface area contributed by atoms with E-state index >= 15 is 0 Å². The number of hydrogen-bond donors (Lipinski definition) is 2. The van der Waals surface area contributed by atoms with E-state index in [0.29, 0.717) is 11.5 Å². The number of nitrogens with zero attached hydrogens (tertiary/aromatic N) is 3. The molecule has 0 saturated carbocycles. The van der Waals surface area contributed by atoms with E-state index in [4.69, 9.17) is 8.83 Å². The van der Waals surface area contributed by atoms with Gasteiger partial charge in [-0.2, -0.15) is 0 Å². The van der Waals surface area contributed by atoms with Gasteiger partial charge < -0.3 is 24.2 Å². The predicted molar refractivity (Wildman–Crippen MR) is 131 cm³/mol. The maximum absolute atomic E-state index is 12.8. The second-order valence-corrected chi connectivity index (χ2v) is 10.6. The summed E-state index contributed by atoms with van der Waals surface area (Å²) in [7, 11) is 1.24. The average molecular weight is 518 g/mol. The first-order valence-electron chi connectivity index (χ1n) is 11.4. The third kappa shape index (κ3) is 5.99. The van der Waals surface area contributed by atoms with Crippen LogP contribution in [0.15, 0.2) is 20.5 Å². The number of oxazole rings is 2. The first-order valence-corrected chi connectivity index (χ1v) is 12.3. The van der Waals surface area contributed by atoms with Crippen molar-refractivity contribution in [3.63, 3.8) is 0 Å². The molecule has 3 rings (SSSR count). The average Bonchev–Trinajstić information content (AvgIpc) is 3.55. The van der Waals surface area contributed by atoms with E-state index < -0.39 is 23.3 Å². The first kappa shape index (κ1) is 27.1. The zero-order chi connectivity index (χ0) is 26.8. The Morgan fingerprint density at radius 2 is 1.78 bits per heavy atom. The lowest BCUT2D eigenvalue weighted by atomic mass is 9.94. The van der Waals surface area contributed by atoms with Crippen LogP contribution in [0.25, 0.3) is 11.6 Å². The summed E-state index contributed by atoms with van der Waals surface area (Å²) in [6.07, 6.45) is 1.16. The maximum atomic E-state index is 12.8. The minimum Gasteiger partial charge on any atom is -0.464 e. The largest absolute Gasteiger partial charge is 0.464 e. The third-order valence-electron chi connectivity index (χ3n) is 5.29. The van der Waals surface area contributed by atoms with Gasteiger partial charge in [0.15, 0.2) is 11.4 Å². The number of esters is 1. The molecule has 3 heterocycles. The molecule has 0 fully saturated rings. The Kier molecular flexibility index (Phi) is 7.97. The van der Waals surface area contributed by atoms with Gasteiger partial charge in [0.25, 0.3) is 5.91 Å². The number of methoxy groups -OCH3 is 1. The summed E-state index contributed by atoms with van der Waals surface area (Å²) in [4.78, 5) is 50.0. The molecule has 36 heavy (non-hydrogen) atoms. The van der Waals surface area contributed by atoms with Gasteiger partial charge in [-0.25, -0.2) is 19.7 Å². The van der Waals surface area contributed by atoms with Crippen LogP contribution in [-0.2, 0) is 9.53 Å². The van der Waals surface area contributed by atoms with Crippen LogP contribution in [0, 0.1) is 18.3 Å². The Bertz CT molecular complexity index is 1250. The predicted octanol–water partition coefficient (Wildman–Crippen LogP) is 4.23. The van der Waals surface area contributed by atoms with Crippen molar-refractivity contribution >= 4 is 29.1 Å². The van der Waals surface area contributed by atoms with Crippen molar-refractivity contribution in [3.8, 4) is 11.6 Å². The fourth-order valence-corrected chi connectivity index (χ4v) is 4.14. The lowest BCUT2D eigenvalue weighted by molar-refractivity contribution is -0.129. The van der Waals surface area contributed by atoms with Crippen molar-refractivity contribution < 1.29 is 28.0 Å². The van der Waals surface area contributed by atoms with Gasteiger partial charge in [0.05, 0.1) is 13.2 Å². The Labute approximate surface area is 213 Å². The Balaban J connectivity index is 1.76. The Morgan fingerprint density at radius 3 is 2.39 bits per heavy atom. The van der Waals surface area contributed by atoms with Crippen LogP contribution in [0.2, 0.25) is 0 Å². The first-order chi connectivity index (χ1) is 16.8. The molecule has 12 heteroatoms. The second-order valence-electron chi connectivity index (χ2n) is 9.70. The molecule has 0 radical (unpaired) electrons. The van der Waals surface area contributed by atoms with E-state index in [1.54, 1.807) is 19.2 Å². The van der Waals surface area contributed by atoms with Crippen LogP contribution in [0.5, 0.6) is 0 Å². The van der Waals surface area contributed by atoms with Gasteiger partial charge in [-0.15, -0.1) is 11.3 Å². The van der Waals surface area contributed by atoms with Crippen LogP contribution in [0.1, 0.15) is 91.3 Å². The molecule has 3 aromatic heterocycles. The highest BCUT2D eigenvalue weighted by molar-refractivity contribution is 7.10. The molecular formula is C24H31N5O6S. The zero-order valence-electron chi connectivity index (χ0n) is 21.6. The lowest BCUT2D eigenvalue weighted by Crippen LogP contribution is -2.39. The fourth-order valence-electron chi connectivity index (χ4n) is 3.13. The van der Waals surface area contributed by atoms with Crippen molar-refractivity contribution in [3.05, 3.63) is 39.7 Å². The van der Waals surface area contributed by atoms with Crippen LogP contribution in [0.3, 0.4) is 0 Å². The standard InChI is InChI=1S/C24H31N5O6S/c1-11(2)16(29-23(32)24(5,6)7)21-27-15(10-36-21)20-28-17(13(4)35-20)18(30)25-12(3)19-26-14(9-34-19)22(31)33-8/h9-12,16H,1-8H3,(H,25,30)(H,29,32)/t12-,16-/m0/s1. The monoisotopic (exact) mass is 517 g/mol. The normalized spacial score (nSPS) is 13.4. The number of aromatic nitrogens is 3. The van der Waals surface area contributed by atoms with Crippen LogP contribution in [0.4, 0.5) is 0 Å². The Hall–Kier alpha value is -3.54. The highest BCUT2D eigenvalue weighted by atomic mass is 32.1. The molecule has 0 aromatic carbocycles. The quantitative estimate of drug-likeness (QED) is 0.418. The summed E-state index contributed by atoms with van der Waals surface area (Å²) in [6, 6.07) is -0.912. The van der Waals surface area contributed by atoms with Gasteiger partial charge in [0.2, 0.25) is 17.7 Å².